The molecule has 0 aromatic carbocycles. The average molecular weight is 257 g/mol. The van der Waals surface area contributed by atoms with E-state index < -0.39 is 0 Å². The Hall–Kier alpha value is -0.0800. The number of hydroxylamine groups is 2. The number of nitrogens with zero attached hydrogens (tertiary/aromatic N) is 1. The third-order valence-corrected chi connectivity index (χ3v) is 3.33. The van der Waals surface area contributed by atoms with Gasteiger partial charge in [0.25, 0.3) is 0 Å². The molecule has 0 spiro atoms. The van der Waals surface area contributed by atoms with Gasteiger partial charge in [0.15, 0.2) is 0 Å². The minimum Gasteiger partial charge on any atom is -0.299 e. The van der Waals surface area contributed by atoms with Gasteiger partial charge in [0, 0.05) is 13.1 Å². The summed E-state index contributed by atoms with van der Waals surface area (Å²) < 4.78 is 0. The van der Waals surface area contributed by atoms with Gasteiger partial charge >= 0.3 is 0 Å². The molecule has 0 atom stereocenters. The van der Waals surface area contributed by atoms with E-state index >= 15 is 0 Å². The van der Waals surface area contributed by atoms with E-state index in [1.165, 1.54) is 64.2 Å². The van der Waals surface area contributed by atoms with Crippen LogP contribution in [-0.4, -0.2) is 24.8 Å². The van der Waals surface area contributed by atoms with E-state index in [2.05, 4.69) is 25.8 Å². The fraction of sp³-hybridized carbons (Fsp3) is 1.00. The van der Waals surface area contributed by atoms with Gasteiger partial charge in [-0.25, -0.2) is 0 Å². The maximum absolute atomic E-state index is 5.64. The van der Waals surface area contributed by atoms with Crippen LogP contribution in [0, 0.1) is 0 Å². The monoisotopic (exact) mass is 257 g/mol. The van der Waals surface area contributed by atoms with Crippen molar-refractivity contribution in [2.24, 2.45) is 0 Å². The third-order valence-electron chi connectivity index (χ3n) is 3.33. The van der Waals surface area contributed by atoms with Crippen molar-refractivity contribution in [2.45, 2.75) is 85.0 Å². The molecule has 2 heteroatoms. The molecule has 0 amide bonds. The summed E-state index contributed by atoms with van der Waals surface area (Å²) in [6, 6.07) is 0. The Labute approximate surface area is 115 Å². The van der Waals surface area contributed by atoms with E-state index in [-0.39, 0.29) is 0 Å². The summed E-state index contributed by atoms with van der Waals surface area (Å²) in [5, 5.41) is 2.17. The molecular formula is C16H35NO. The second-order valence-electron chi connectivity index (χ2n) is 5.18. The smallest absolute Gasteiger partial charge is 0.0656 e. The molecule has 0 unspecified atom stereocenters. The van der Waals surface area contributed by atoms with Crippen LogP contribution in [-0.2, 0) is 4.84 Å². The lowest BCUT2D eigenvalue weighted by molar-refractivity contribution is -0.155. The molecular weight excluding hydrogens is 222 g/mol. The highest BCUT2D eigenvalue weighted by atomic mass is 16.7. The van der Waals surface area contributed by atoms with Crippen molar-refractivity contribution in [3.05, 3.63) is 0 Å². The summed E-state index contributed by atoms with van der Waals surface area (Å²) in [5.41, 5.74) is 0. The van der Waals surface area contributed by atoms with E-state index in [4.69, 9.17) is 4.84 Å². The fourth-order valence-electron chi connectivity index (χ4n) is 2.18. The van der Waals surface area contributed by atoms with Crippen LogP contribution in [0.2, 0.25) is 0 Å². The number of hydrogen-bond acceptors (Lipinski definition) is 2. The topological polar surface area (TPSA) is 12.5 Å². The largest absolute Gasteiger partial charge is 0.299 e. The molecule has 18 heavy (non-hydrogen) atoms. The lowest BCUT2D eigenvalue weighted by atomic mass is 10.1. The predicted molar refractivity (Wildman–Crippen MR) is 80.7 cm³/mol. The van der Waals surface area contributed by atoms with Gasteiger partial charge in [-0.3, -0.25) is 4.84 Å². The van der Waals surface area contributed by atoms with E-state index in [0.717, 1.165) is 19.7 Å². The first-order valence-electron chi connectivity index (χ1n) is 8.23. The van der Waals surface area contributed by atoms with Crippen LogP contribution < -0.4 is 0 Å². The van der Waals surface area contributed by atoms with E-state index in [1.54, 1.807) is 0 Å². The highest BCUT2D eigenvalue weighted by Gasteiger charge is 2.03. The van der Waals surface area contributed by atoms with E-state index in [0.29, 0.717) is 0 Å². The highest BCUT2D eigenvalue weighted by Crippen LogP contribution is 2.09. The molecule has 0 aromatic heterocycles. The van der Waals surface area contributed by atoms with Crippen LogP contribution in [0.3, 0.4) is 0 Å². The Morgan fingerprint density at radius 1 is 0.611 bits per heavy atom. The van der Waals surface area contributed by atoms with Crippen molar-refractivity contribution < 1.29 is 4.84 Å². The van der Waals surface area contributed by atoms with Crippen molar-refractivity contribution in [1.29, 1.82) is 0 Å². The van der Waals surface area contributed by atoms with Gasteiger partial charge in [0.2, 0.25) is 0 Å². The molecule has 2 nitrogen and oxygen atoms in total. The van der Waals surface area contributed by atoms with E-state index in [9.17, 15) is 0 Å². The van der Waals surface area contributed by atoms with Crippen LogP contribution >= 0.6 is 0 Å². The van der Waals surface area contributed by atoms with Crippen molar-refractivity contribution in [3.63, 3.8) is 0 Å². The molecule has 0 saturated carbocycles. The highest BCUT2D eigenvalue weighted by molar-refractivity contribution is 4.50. The number of unbranched alkanes of at least 4 members (excludes halogenated alkanes) is 8. The van der Waals surface area contributed by atoms with Crippen LogP contribution in [0.25, 0.3) is 0 Å². The first-order valence-corrected chi connectivity index (χ1v) is 8.23. The van der Waals surface area contributed by atoms with Gasteiger partial charge in [0.1, 0.15) is 0 Å². The lowest BCUT2D eigenvalue weighted by Crippen LogP contribution is -2.26. The first-order chi connectivity index (χ1) is 8.85. The van der Waals surface area contributed by atoms with Gasteiger partial charge in [0.05, 0.1) is 6.61 Å². The molecule has 0 fully saturated rings. The summed E-state index contributed by atoms with van der Waals surface area (Å²) in [6.45, 7) is 9.61. The maximum atomic E-state index is 5.64. The van der Waals surface area contributed by atoms with Crippen molar-refractivity contribution in [2.75, 3.05) is 19.7 Å². The molecule has 0 rings (SSSR count). The molecule has 0 radical (unpaired) electrons. The molecule has 0 aliphatic carbocycles. The standard InChI is InChI=1S/C16H35NO/c1-4-7-9-10-11-12-13-14-16-17(18-6-3)15-8-5-2/h4-16H2,1-3H3. The minimum absolute atomic E-state index is 0.806. The van der Waals surface area contributed by atoms with Crippen LogP contribution in [0.1, 0.15) is 85.0 Å². The number of hydrogen-bond donors (Lipinski definition) is 0. The van der Waals surface area contributed by atoms with E-state index in [1.807, 2.05) is 0 Å². The Kier molecular flexibility index (Phi) is 14.9. The van der Waals surface area contributed by atoms with Gasteiger partial charge in [-0.1, -0.05) is 65.2 Å². The molecule has 0 aromatic rings. The zero-order valence-corrected chi connectivity index (χ0v) is 13.0. The molecule has 0 saturated heterocycles. The zero-order chi connectivity index (χ0) is 13.5. The second kappa shape index (κ2) is 15.0. The molecule has 0 bridgehead atoms. The van der Waals surface area contributed by atoms with Crippen LogP contribution in [0.5, 0.6) is 0 Å². The zero-order valence-electron chi connectivity index (χ0n) is 13.0. The summed E-state index contributed by atoms with van der Waals surface area (Å²) in [6.07, 6.45) is 13.6. The third kappa shape index (κ3) is 12.4. The SMILES string of the molecule is CCCCCCCCCCN(CCCC)OCC. The second-order valence-corrected chi connectivity index (χ2v) is 5.18. The van der Waals surface area contributed by atoms with Crippen molar-refractivity contribution >= 4 is 0 Å². The Morgan fingerprint density at radius 3 is 1.67 bits per heavy atom. The molecule has 110 valence electrons. The first kappa shape index (κ1) is 17.9. The van der Waals surface area contributed by atoms with Crippen LogP contribution in [0.15, 0.2) is 0 Å². The van der Waals surface area contributed by atoms with Crippen molar-refractivity contribution in [1.82, 2.24) is 5.06 Å². The van der Waals surface area contributed by atoms with Gasteiger partial charge in [-0.2, -0.15) is 5.06 Å². The Morgan fingerprint density at radius 2 is 1.11 bits per heavy atom. The summed E-state index contributed by atoms with van der Waals surface area (Å²) in [5.74, 6) is 0. The minimum atomic E-state index is 0.806. The quantitative estimate of drug-likeness (QED) is 0.314. The summed E-state index contributed by atoms with van der Waals surface area (Å²) >= 11 is 0. The summed E-state index contributed by atoms with van der Waals surface area (Å²) in [4.78, 5) is 5.64. The Bertz CT molecular complexity index is 150. The van der Waals surface area contributed by atoms with Gasteiger partial charge < -0.3 is 0 Å². The molecule has 0 aliphatic heterocycles. The predicted octanol–water partition coefficient (Wildman–Crippen LogP) is 5.18. The van der Waals surface area contributed by atoms with Crippen LogP contribution in [0.4, 0.5) is 0 Å². The Balaban J connectivity index is 3.31. The molecule has 0 heterocycles. The van der Waals surface area contributed by atoms with Gasteiger partial charge in [-0.15, -0.1) is 0 Å². The van der Waals surface area contributed by atoms with Gasteiger partial charge in [-0.05, 0) is 19.8 Å². The summed E-state index contributed by atoms with van der Waals surface area (Å²) in [7, 11) is 0. The average Bonchev–Trinajstić information content (AvgIpc) is 2.39. The molecule has 0 aliphatic rings. The number of rotatable bonds is 14. The fourth-order valence-corrected chi connectivity index (χ4v) is 2.18. The normalized spacial score (nSPS) is 11.3. The molecule has 0 N–H and O–H groups in total. The van der Waals surface area contributed by atoms with Crippen molar-refractivity contribution in [3.8, 4) is 0 Å². The maximum Gasteiger partial charge on any atom is 0.0656 e. The lowest BCUT2D eigenvalue weighted by Gasteiger charge is -2.20.